The van der Waals surface area contributed by atoms with E-state index in [0.29, 0.717) is 42.6 Å². The molecular weight excluding hydrogens is 390 g/mol. The molecule has 0 N–H and O–H groups in total. The van der Waals surface area contributed by atoms with Crippen molar-refractivity contribution in [1.82, 2.24) is 0 Å². The zero-order valence-electron chi connectivity index (χ0n) is 15.8. The molecule has 0 atom stereocenters. The summed E-state index contributed by atoms with van der Waals surface area (Å²) < 4.78 is 17.6. The molecule has 0 aromatic heterocycles. The van der Waals surface area contributed by atoms with Crippen molar-refractivity contribution in [2.45, 2.75) is 12.2 Å². The van der Waals surface area contributed by atoms with Gasteiger partial charge in [-0.05, 0) is 35.4 Å². The van der Waals surface area contributed by atoms with Crippen molar-refractivity contribution in [1.29, 1.82) is 0 Å². The topological polar surface area (TPSA) is 48.0 Å². The minimum absolute atomic E-state index is 0.248. The molecule has 29 heavy (non-hydrogen) atoms. The molecule has 1 amide bonds. The highest BCUT2D eigenvalue weighted by atomic mass is 35.5. The highest BCUT2D eigenvalue weighted by molar-refractivity contribution is 6.35. The second-order valence-corrected chi connectivity index (χ2v) is 7.52. The average Bonchev–Trinajstić information content (AvgIpc) is 2.98. The summed E-state index contributed by atoms with van der Waals surface area (Å²) in [7, 11) is 0. The van der Waals surface area contributed by atoms with Crippen LogP contribution in [0.2, 0.25) is 5.02 Å². The summed E-state index contributed by atoms with van der Waals surface area (Å²) >= 11 is 6.45. The third kappa shape index (κ3) is 3.06. The van der Waals surface area contributed by atoms with Gasteiger partial charge in [-0.3, -0.25) is 4.79 Å². The number of hydrogen-bond acceptors (Lipinski definition) is 4. The molecule has 1 fully saturated rings. The highest BCUT2D eigenvalue weighted by Gasteiger charge is 2.55. The van der Waals surface area contributed by atoms with E-state index in [-0.39, 0.29) is 5.91 Å². The number of fused-ring (bicyclic) bond motifs is 3. The molecule has 1 saturated heterocycles. The fourth-order valence-corrected chi connectivity index (χ4v) is 4.26. The number of halogens is 1. The van der Waals surface area contributed by atoms with Crippen LogP contribution in [0.4, 0.5) is 5.69 Å². The predicted octanol–water partition coefficient (Wildman–Crippen LogP) is 4.51. The van der Waals surface area contributed by atoms with Gasteiger partial charge in [0.25, 0.3) is 11.7 Å². The lowest BCUT2D eigenvalue weighted by molar-refractivity contribution is -0.256. The first-order chi connectivity index (χ1) is 14.2. The number of anilines is 1. The second-order valence-electron chi connectivity index (χ2n) is 7.12. The van der Waals surface area contributed by atoms with Gasteiger partial charge < -0.3 is 19.1 Å². The largest absolute Gasteiger partial charge is 0.492 e. The Hall–Kier alpha value is -2.60. The van der Waals surface area contributed by atoms with E-state index in [0.717, 1.165) is 22.9 Å². The number of para-hydroxylation sites is 1. The number of amides is 1. The molecule has 3 aromatic rings. The first-order valence-corrected chi connectivity index (χ1v) is 10.1. The number of rotatable bonds is 4. The maximum absolute atomic E-state index is 13.3. The maximum atomic E-state index is 13.3. The van der Waals surface area contributed by atoms with Gasteiger partial charge in [-0.1, -0.05) is 54.1 Å². The van der Waals surface area contributed by atoms with Crippen LogP contribution >= 0.6 is 11.6 Å². The number of benzene rings is 3. The Kier molecular flexibility index (Phi) is 4.66. The maximum Gasteiger partial charge on any atom is 0.292 e. The van der Waals surface area contributed by atoms with E-state index in [9.17, 15) is 4.79 Å². The molecule has 2 aliphatic heterocycles. The van der Waals surface area contributed by atoms with Crippen molar-refractivity contribution < 1.29 is 19.0 Å². The van der Waals surface area contributed by atoms with Crippen LogP contribution in [0.25, 0.3) is 10.8 Å². The molecule has 2 heterocycles. The van der Waals surface area contributed by atoms with Gasteiger partial charge in [0, 0.05) is 5.56 Å². The van der Waals surface area contributed by atoms with Gasteiger partial charge >= 0.3 is 0 Å². The van der Waals surface area contributed by atoms with E-state index in [1.165, 1.54) is 0 Å². The Morgan fingerprint density at radius 1 is 1.00 bits per heavy atom. The fraction of sp³-hybridized carbons (Fsp3) is 0.261. The van der Waals surface area contributed by atoms with Gasteiger partial charge in [-0.25, -0.2) is 0 Å². The first kappa shape index (κ1) is 18.4. The van der Waals surface area contributed by atoms with Gasteiger partial charge in [0.05, 0.1) is 30.5 Å². The standard InChI is InChI=1S/C23H20ClNO4/c24-20-8-3-7-19-21(20)25(22(26)23(19)28-12-4-13-29-23)11-14-27-18-10-9-16-5-1-2-6-17(16)15-18/h1-3,5-10,15H,4,11-14H2. The average molecular weight is 410 g/mol. The summed E-state index contributed by atoms with van der Waals surface area (Å²) in [6, 6.07) is 19.5. The van der Waals surface area contributed by atoms with Crippen LogP contribution in [0.15, 0.2) is 60.7 Å². The number of carbonyl (C=O) groups is 1. The third-order valence-corrected chi connectivity index (χ3v) is 5.65. The zero-order valence-corrected chi connectivity index (χ0v) is 16.5. The van der Waals surface area contributed by atoms with E-state index in [4.69, 9.17) is 25.8 Å². The number of hydrogen-bond donors (Lipinski definition) is 0. The molecule has 1 spiro atoms. The molecule has 148 valence electrons. The Morgan fingerprint density at radius 3 is 2.62 bits per heavy atom. The number of carbonyl (C=O) groups excluding carboxylic acids is 1. The molecule has 2 aliphatic rings. The normalized spacial score (nSPS) is 17.7. The minimum Gasteiger partial charge on any atom is -0.492 e. The van der Waals surface area contributed by atoms with Crippen LogP contribution in [0.3, 0.4) is 0 Å². The lowest BCUT2D eigenvalue weighted by atomic mass is 10.1. The van der Waals surface area contributed by atoms with Gasteiger partial charge in [0.2, 0.25) is 0 Å². The molecule has 3 aromatic carbocycles. The van der Waals surface area contributed by atoms with Gasteiger partial charge in [-0.15, -0.1) is 0 Å². The van der Waals surface area contributed by atoms with Crippen molar-refractivity contribution in [3.8, 4) is 5.75 Å². The smallest absolute Gasteiger partial charge is 0.292 e. The lowest BCUT2D eigenvalue weighted by Gasteiger charge is -2.32. The van der Waals surface area contributed by atoms with Gasteiger partial charge in [0.15, 0.2) is 0 Å². The molecule has 6 heteroatoms. The van der Waals surface area contributed by atoms with Crippen molar-refractivity contribution >= 4 is 34.0 Å². The van der Waals surface area contributed by atoms with E-state index < -0.39 is 5.79 Å². The third-order valence-electron chi connectivity index (χ3n) is 5.34. The molecule has 0 aliphatic carbocycles. The summed E-state index contributed by atoms with van der Waals surface area (Å²) in [5.74, 6) is -0.876. The van der Waals surface area contributed by atoms with E-state index in [2.05, 4.69) is 6.07 Å². The van der Waals surface area contributed by atoms with Crippen LogP contribution in [0, 0.1) is 0 Å². The van der Waals surface area contributed by atoms with Crippen LogP contribution in [-0.2, 0) is 20.1 Å². The first-order valence-electron chi connectivity index (χ1n) is 9.69. The van der Waals surface area contributed by atoms with Crippen molar-refractivity contribution in [3.63, 3.8) is 0 Å². The Morgan fingerprint density at radius 2 is 1.79 bits per heavy atom. The Bertz CT molecular complexity index is 1080. The minimum atomic E-state index is -1.39. The summed E-state index contributed by atoms with van der Waals surface area (Å²) in [5.41, 5.74) is 1.31. The molecule has 0 unspecified atom stereocenters. The van der Waals surface area contributed by atoms with E-state index in [1.54, 1.807) is 11.0 Å². The van der Waals surface area contributed by atoms with Crippen LogP contribution in [0.5, 0.6) is 5.75 Å². The van der Waals surface area contributed by atoms with Crippen LogP contribution in [-0.4, -0.2) is 32.3 Å². The number of ether oxygens (including phenoxy) is 3. The van der Waals surface area contributed by atoms with Crippen LogP contribution < -0.4 is 9.64 Å². The molecule has 0 bridgehead atoms. The van der Waals surface area contributed by atoms with Gasteiger partial charge in [0.1, 0.15) is 12.4 Å². The molecule has 0 radical (unpaired) electrons. The Labute approximate surface area is 173 Å². The van der Waals surface area contributed by atoms with Crippen LogP contribution in [0.1, 0.15) is 12.0 Å². The Balaban J connectivity index is 1.37. The van der Waals surface area contributed by atoms with Crippen molar-refractivity contribution in [2.75, 3.05) is 31.3 Å². The zero-order chi connectivity index (χ0) is 19.8. The fourth-order valence-electron chi connectivity index (χ4n) is 3.99. The quantitative estimate of drug-likeness (QED) is 0.636. The summed E-state index contributed by atoms with van der Waals surface area (Å²) in [4.78, 5) is 14.9. The second kappa shape index (κ2) is 7.34. The monoisotopic (exact) mass is 409 g/mol. The van der Waals surface area contributed by atoms with Crippen molar-refractivity contribution in [3.05, 3.63) is 71.2 Å². The molecule has 5 rings (SSSR count). The van der Waals surface area contributed by atoms with E-state index in [1.807, 2.05) is 48.5 Å². The molecule has 0 saturated carbocycles. The van der Waals surface area contributed by atoms with Gasteiger partial charge in [-0.2, -0.15) is 0 Å². The summed E-state index contributed by atoms with van der Waals surface area (Å²) in [6.45, 7) is 1.61. The van der Waals surface area contributed by atoms with Crippen molar-refractivity contribution in [2.24, 2.45) is 0 Å². The number of nitrogens with zero attached hydrogens (tertiary/aromatic N) is 1. The SMILES string of the molecule is O=C1N(CCOc2ccc3ccccc3c2)c2c(Cl)cccc2C12OCCCO2. The molecular formula is C23H20ClNO4. The highest BCUT2D eigenvalue weighted by Crippen LogP contribution is 2.48. The summed E-state index contributed by atoms with van der Waals surface area (Å²) in [6.07, 6.45) is 0.760. The molecule has 5 nitrogen and oxygen atoms in total. The lowest BCUT2D eigenvalue weighted by Crippen LogP contribution is -2.48. The summed E-state index contributed by atoms with van der Waals surface area (Å²) in [5, 5.41) is 2.76. The van der Waals surface area contributed by atoms with E-state index >= 15 is 0 Å². The predicted molar refractivity (Wildman–Crippen MR) is 111 cm³/mol.